The third-order valence-electron chi connectivity index (χ3n) is 4.83. The molecule has 1 amide bonds. The van der Waals surface area contributed by atoms with Crippen molar-refractivity contribution in [2.75, 3.05) is 4.90 Å². The zero-order valence-corrected chi connectivity index (χ0v) is 14.3. The van der Waals surface area contributed by atoms with Crippen molar-refractivity contribution in [3.8, 4) is 0 Å². The van der Waals surface area contributed by atoms with Crippen molar-refractivity contribution >= 4 is 22.6 Å². The van der Waals surface area contributed by atoms with Crippen LogP contribution in [0, 0.1) is 13.8 Å². The van der Waals surface area contributed by atoms with Gasteiger partial charge in [0.1, 0.15) is 17.6 Å². The summed E-state index contributed by atoms with van der Waals surface area (Å²) in [5.41, 5.74) is 4.02. The van der Waals surface area contributed by atoms with Gasteiger partial charge in [-0.1, -0.05) is 6.92 Å². The first-order valence-electron chi connectivity index (χ1n) is 8.27. The Kier molecular flexibility index (Phi) is 3.42. The predicted octanol–water partition coefficient (Wildman–Crippen LogP) is 4.08. The standard InChI is InChI=1S/C19H19N3O3/c1-4-13-17(16-7-10(2)11(3)25-16)22(19(24)18(13)23)12-5-6-14-15(8-12)21-9-20-14/h5-9,17,23H,4H2,1-3H3,(H,20,21). The van der Waals surface area contributed by atoms with Gasteiger partial charge < -0.3 is 14.5 Å². The van der Waals surface area contributed by atoms with Crippen molar-refractivity contribution in [2.45, 2.75) is 33.2 Å². The van der Waals surface area contributed by atoms with E-state index in [0.717, 1.165) is 22.4 Å². The van der Waals surface area contributed by atoms with Crippen LogP contribution in [0.25, 0.3) is 11.0 Å². The Labute approximate surface area is 144 Å². The monoisotopic (exact) mass is 337 g/mol. The molecule has 128 valence electrons. The predicted molar refractivity (Wildman–Crippen MR) is 94.4 cm³/mol. The second kappa shape index (κ2) is 5.51. The van der Waals surface area contributed by atoms with Crippen molar-refractivity contribution in [3.05, 3.63) is 59.0 Å². The summed E-state index contributed by atoms with van der Waals surface area (Å²) >= 11 is 0. The fraction of sp³-hybridized carbons (Fsp3) is 0.263. The topological polar surface area (TPSA) is 82.4 Å². The van der Waals surface area contributed by atoms with Gasteiger partial charge in [0.25, 0.3) is 5.91 Å². The molecule has 1 aromatic carbocycles. The molecule has 1 aliphatic rings. The molecule has 0 radical (unpaired) electrons. The molecule has 1 atom stereocenters. The minimum Gasteiger partial charge on any atom is -0.503 e. The van der Waals surface area contributed by atoms with Crippen LogP contribution in [0.3, 0.4) is 0 Å². The molecule has 2 aromatic heterocycles. The lowest BCUT2D eigenvalue weighted by molar-refractivity contribution is -0.117. The number of furan rings is 1. The number of aliphatic hydroxyl groups is 1. The van der Waals surface area contributed by atoms with Crippen LogP contribution in [0.2, 0.25) is 0 Å². The summed E-state index contributed by atoms with van der Waals surface area (Å²) in [5.74, 6) is 0.864. The maximum absolute atomic E-state index is 12.8. The number of amides is 1. The largest absolute Gasteiger partial charge is 0.503 e. The lowest BCUT2D eigenvalue weighted by Crippen LogP contribution is -2.30. The number of aryl methyl sites for hydroxylation is 2. The number of aromatic nitrogens is 2. The van der Waals surface area contributed by atoms with Crippen molar-refractivity contribution < 1.29 is 14.3 Å². The molecule has 0 saturated heterocycles. The SMILES string of the molecule is CCC1=C(O)C(=O)N(c2ccc3[nH]cnc3c2)C1c1cc(C)c(C)o1. The van der Waals surface area contributed by atoms with Crippen LogP contribution in [0.5, 0.6) is 0 Å². The lowest BCUT2D eigenvalue weighted by Gasteiger charge is -2.25. The van der Waals surface area contributed by atoms with Crippen molar-refractivity contribution in [3.63, 3.8) is 0 Å². The fourth-order valence-electron chi connectivity index (χ4n) is 3.39. The Morgan fingerprint density at radius 1 is 1.32 bits per heavy atom. The second-order valence-corrected chi connectivity index (χ2v) is 6.30. The Morgan fingerprint density at radius 2 is 2.12 bits per heavy atom. The molecule has 0 aliphatic carbocycles. The average Bonchev–Trinajstić information content (AvgIpc) is 3.25. The van der Waals surface area contributed by atoms with Gasteiger partial charge in [-0.2, -0.15) is 0 Å². The van der Waals surface area contributed by atoms with E-state index < -0.39 is 11.9 Å². The Hall–Kier alpha value is -3.02. The molecule has 6 nitrogen and oxygen atoms in total. The average molecular weight is 337 g/mol. The first-order valence-corrected chi connectivity index (χ1v) is 8.27. The molecule has 0 saturated carbocycles. The van der Waals surface area contributed by atoms with E-state index >= 15 is 0 Å². The van der Waals surface area contributed by atoms with Gasteiger partial charge in [-0.25, -0.2) is 4.98 Å². The number of fused-ring (bicyclic) bond motifs is 1. The summed E-state index contributed by atoms with van der Waals surface area (Å²) in [4.78, 5) is 21.7. The molecule has 0 bridgehead atoms. The van der Waals surface area contributed by atoms with E-state index in [2.05, 4.69) is 9.97 Å². The fourth-order valence-corrected chi connectivity index (χ4v) is 3.39. The van der Waals surface area contributed by atoms with Crippen LogP contribution >= 0.6 is 0 Å². The number of anilines is 1. The molecule has 3 heterocycles. The number of hydrogen-bond acceptors (Lipinski definition) is 4. The molecule has 3 aromatic rings. The van der Waals surface area contributed by atoms with E-state index in [9.17, 15) is 9.90 Å². The van der Waals surface area contributed by atoms with E-state index in [1.54, 1.807) is 11.2 Å². The summed E-state index contributed by atoms with van der Waals surface area (Å²) in [6.07, 6.45) is 2.17. The van der Waals surface area contributed by atoms with E-state index in [1.165, 1.54) is 0 Å². The quantitative estimate of drug-likeness (QED) is 0.754. The molecule has 4 rings (SSSR count). The summed E-state index contributed by atoms with van der Waals surface area (Å²) in [6, 6.07) is 7.05. The minimum absolute atomic E-state index is 0.193. The van der Waals surface area contributed by atoms with Crippen LogP contribution in [-0.4, -0.2) is 21.0 Å². The Morgan fingerprint density at radius 3 is 2.80 bits per heavy atom. The van der Waals surface area contributed by atoms with Gasteiger partial charge in [-0.15, -0.1) is 0 Å². The number of carbonyl (C=O) groups is 1. The van der Waals surface area contributed by atoms with Crippen LogP contribution in [0.1, 0.15) is 36.5 Å². The molecule has 1 unspecified atom stereocenters. The van der Waals surface area contributed by atoms with Gasteiger partial charge in [-0.05, 0) is 50.1 Å². The number of nitrogens with zero attached hydrogens (tertiary/aromatic N) is 2. The Balaban J connectivity index is 1.87. The van der Waals surface area contributed by atoms with Gasteiger partial charge in [0, 0.05) is 11.3 Å². The van der Waals surface area contributed by atoms with Gasteiger partial charge in [-0.3, -0.25) is 9.69 Å². The van der Waals surface area contributed by atoms with Gasteiger partial charge in [0.15, 0.2) is 5.76 Å². The first-order chi connectivity index (χ1) is 12.0. The Bertz CT molecular complexity index is 993. The highest BCUT2D eigenvalue weighted by atomic mass is 16.3. The number of H-pyrrole nitrogens is 1. The summed E-state index contributed by atoms with van der Waals surface area (Å²) in [7, 11) is 0. The summed E-state index contributed by atoms with van der Waals surface area (Å²) in [5, 5.41) is 10.4. The first kappa shape index (κ1) is 15.5. The summed E-state index contributed by atoms with van der Waals surface area (Å²) in [6.45, 7) is 5.79. The number of benzene rings is 1. The molecule has 6 heteroatoms. The van der Waals surface area contributed by atoms with Crippen molar-refractivity contribution in [1.82, 2.24) is 9.97 Å². The number of imidazole rings is 1. The third-order valence-corrected chi connectivity index (χ3v) is 4.83. The van der Waals surface area contributed by atoms with Gasteiger partial charge >= 0.3 is 0 Å². The third kappa shape index (κ3) is 2.25. The van der Waals surface area contributed by atoms with E-state index in [4.69, 9.17) is 4.42 Å². The smallest absolute Gasteiger partial charge is 0.294 e. The van der Waals surface area contributed by atoms with E-state index in [0.29, 0.717) is 23.4 Å². The molecule has 25 heavy (non-hydrogen) atoms. The normalized spacial score (nSPS) is 18.0. The zero-order chi connectivity index (χ0) is 17.7. The van der Waals surface area contributed by atoms with Crippen LogP contribution < -0.4 is 4.90 Å². The van der Waals surface area contributed by atoms with Crippen LogP contribution in [-0.2, 0) is 4.79 Å². The van der Waals surface area contributed by atoms with Crippen molar-refractivity contribution in [1.29, 1.82) is 0 Å². The highest BCUT2D eigenvalue weighted by Gasteiger charge is 2.42. The molecular formula is C19H19N3O3. The van der Waals surface area contributed by atoms with Gasteiger partial charge in [0.2, 0.25) is 0 Å². The zero-order valence-electron chi connectivity index (χ0n) is 14.3. The maximum atomic E-state index is 12.8. The number of carbonyl (C=O) groups excluding carboxylic acids is 1. The number of rotatable bonds is 3. The highest BCUT2D eigenvalue weighted by molar-refractivity contribution is 6.09. The van der Waals surface area contributed by atoms with Crippen molar-refractivity contribution in [2.24, 2.45) is 0 Å². The molecular weight excluding hydrogens is 318 g/mol. The lowest BCUT2D eigenvalue weighted by atomic mass is 10.0. The molecule has 0 spiro atoms. The molecule has 1 aliphatic heterocycles. The molecule has 0 fully saturated rings. The van der Waals surface area contributed by atoms with E-state index in [1.807, 2.05) is 45.0 Å². The van der Waals surface area contributed by atoms with Crippen LogP contribution in [0.4, 0.5) is 5.69 Å². The highest BCUT2D eigenvalue weighted by Crippen LogP contribution is 2.43. The number of aromatic amines is 1. The van der Waals surface area contributed by atoms with Gasteiger partial charge in [0.05, 0.1) is 17.4 Å². The van der Waals surface area contributed by atoms with Crippen LogP contribution in [0.15, 0.2) is 46.3 Å². The number of hydrogen-bond donors (Lipinski definition) is 2. The maximum Gasteiger partial charge on any atom is 0.294 e. The number of nitrogens with one attached hydrogen (secondary N) is 1. The second-order valence-electron chi connectivity index (χ2n) is 6.30. The molecule has 2 N–H and O–H groups in total. The van der Waals surface area contributed by atoms with E-state index in [-0.39, 0.29) is 5.76 Å². The summed E-state index contributed by atoms with van der Waals surface area (Å²) < 4.78 is 5.89. The minimum atomic E-state index is -0.443. The number of aliphatic hydroxyl groups excluding tert-OH is 1.